The van der Waals surface area contributed by atoms with Crippen LogP contribution in [0, 0.1) is 47.3 Å². The van der Waals surface area contributed by atoms with Crippen LogP contribution in [0.25, 0.3) is 0 Å². The first-order valence-electron chi connectivity index (χ1n) is 19.7. The number of rotatable bonds is 18. The maximum atomic E-state index is 14.1. The van der Waals surface area contributed by atoms with Crippen molar-refractivity contribution in [2.45, 2.75) is 26.4 Å². The molecule has 2 saturated heterocycles. The smallest absolute Gasteiger partial charge is 0.282 e. The Labute approximate surface area is 346 Å². The molecule has 2 aliphatic heterocycles. The summed E-state index contributed by atoms with van der Waals surface area (Å²) in [5, 5.41) is 0. The zero-order valence-electron chi connectivity index (χ0n) is 32.3. The van der Waals surface area contributed by atoms with E-state index in [1.807, 2.05) is 36.4 Å². The molecule has 8 atom stereocenters. The molecule has 6 aliphatic rings. The van der Waals surface area contributed by atoms with Crippen molar-refractivity contribution in [3.8, 4) is 0 Å². The van der Waals surface area contributed by atoms with E-state index in [0.29, 0.717) is 22.3 Å². The molecule has 2 heterocycles. The number of hydrogen-bond acceptors (Lipinski definition) is 12. The van der Waals surface area contributed by atoms with E-state index < -0.39 is 100 Å². The monoisotopic (exact) mass is 852 g/mol. The molecule has 4 aromatic carbocycles. The molecule has 16 heteroatoms. The van der Waals surface area contributed by atoms with E-state index in [0.717, 1.165) is 9.80 Å². The lowest BCUT2D eigenvalue weighted by Gasteiger charge is -2.60. The van der Waals surface area contributed by atoms with Crippen molar-refractivity contribution in [3.05, 3.63) is 156 Å². The van der Waals surface area contributed by atoms with Gasteiger partial charge in [0, 0.05) is 0 Å². The summed E-state index contributed by atoms with van der Waals surface area (Å²) < 4.78 is 62.2. The average molecular weight is 853 g/mol. The molecule has 8 unspecified atom stereocenters. The Bertz CT molecular complexity index is 2220. The van der Waals surface area contributed by atoms with Gasteiger partial charge in [-0.25, -0.2) is 9.13 Å². The van der Waals surface area contributed by atoms with Gasteiger partial charge in [-0.15, -0.1) is 0 Å². The Morgan fingerprint density at radius 1 is 0.383 bits per heavy atom. The van der Waals surface area contributed by atoms with Crippen LogP contribution in [0.15, 0.2) is 133 Å². The molecule has 0 N–H and O–H groups in total. The zero-order chi connectivity index (χ0) is 41.4. The maximum absolute atomic E-state index is 14.1. The fourth-order valence-electron chi connectivity index (χ4n) is 9.37. The van der Waals surface area contributed by atoms with Crippen LogP contribution in [0.2, 0.25) is 0 Å². The third-order valence-corrected chi connectivity index (χ3v) is 14.8. The fourth-order valence-corrected chi connectivity index (χ4v) is 11.6. The largest absolute Gasteiger partial charge is 0.477 e. The SMILES string of the molecule is O=C1C2C3C=CC(C2C(=O)N1COP(=O)(OCc1ccccc1)OCc1ccccc1)C1C2C(=O)N(COP(=O)(OCc4ccccc4)OCc4ccccc4)C(=O)C2C31. The molecule has 4 amide bonds. The van der Waals surface area contributed by atoms with E-state index in [4.69, 9.17) is 27.1 Å². The highest BCUT2D eigenvalue weighted by Crippen LogP contribution is 2.68. The average Bonchev–Trinajstić information content (AvgIpc) is 3.65. The molecular formula is C44H42N2O12P2. The van der Waals surface area contributed by atoms with Gasteiger partial charge in [-0.3, -0.25) is 56.1 Å². The lowest BCUT2D eigenvalue weighted by Crippen LogP contribution is -2.63. The third kappa shape index (κ3) is 7.79. The number of phosphoric ester groups is 2. The number of amides is 4. The normalized spacial score (nSPS) is 26.6. The van der Waals surface area contributed by atoms with Gasteiger partial charge in [0.25, 0.3) is 0 Å². The summed E-state index contributed by atoms with van der Waals surface area (Å²) in [7, 11) is -8.65. The molecular weight excluding hydrogens is 810 g/mol. The Morgan fingerprint density at radius 2 is 0.650 bits per heavy atom. The summed E-state index contributed by atoms with van der Waals surface area (Å²) in [6.07, 6.45) is 3.74. The van der Waals surface area contributed by atoms with Crippen LogP contribution < -0.4 is 0 Å². The highest BCUT2D eigenvalue weighted by atomic mass is 31.2. The van der Waals surface area contributed by atoms with E-state index in [1.165, 1.54) is 0 Å². The van der Waals surface area contributed by atoms with Crippen LogP contribution in [0.4, 0.5) is 0 Å². The van der Waals surface area contributed by atoms with Gasteiger partial charge in [0.2, 0.25) is 23.6 Å². The highest BCUT2D eigenvalue weighted by molar-refractivity contribution is 7.48. The topological polar surface area (TPSA) is 164 Å². The van der Waals surface area contributed by atoms with E-state index in [1.54, 1.807) is 97.1 Å². The minimum Gasteiger partial charge on any atom is -0.282 e. The first-order valence-corrected chi connectivity index (χ1v) is 22.7. The Morgan fingerprint density at radius 3 is 0.933 bits per heavy atom. The standard InChI is InChI=1S/C44H42N2O12P2/c47-41-37-33-21-22-34(38(37)42(48)45(41)27-57-59(51,53-23-29-13-5-1-6-14-29)54-24-30-15-7-2-8-16-30)36-35(33)39-40(36)44(50)46(43(39)49)28-58-60(52,55-25-31-17-9-3-10-18-31)56-26-32-19-11-4-12-20-32/h1-22,33-40H,23-28H2. The van der Waals surface area contributed by atoms with Crippen molar-refractivity contribution < 1.29 is 55.5 Å². The molecule has 60 heavy (non-hydrogen) atoms. The maximum Gasteiger partial charge on any atom is 0.477 e. The lowest BCUT2D eigenvalue weighted by molar-refractivity contribution is -0.166. The van der Waals surface area contributed by atoms with Crippen molar-refractivity contribution in [2.24, 2.45) is 47.3 Å². The number of likely N-dealkylation sites (tertiary alicyclic amines) is 2. The second-order valence-electron chi connectivity index (χ2n) is 15.5. The van der Waals surface area contributed by atoms with Gasteiger partial charge < -0.3 is 0 Å². The van der Waals surface area contributed by atoms with E-state index >= 15 is 0 Å². The highest BCUT2D eigenvalue weighted by Gasteiger charge is 2.75. The second-order valence-corrected chi connectivity index (χ2v) is 18.8. The Hall–Kier alpha value is -4.88. The zero-order valence-corrected chi connectivity index (χ0v) is 34.0. The van der Waals surface area contributed by atoms with Crippen LogP contribution in [-0.2, 0) is 81.9 Å². The van der Waals surface area contributed by atoms with Gasteiger partial charge in [-0.05, 0) is 45.9 Å². The van der Waals surface area contributed by atoms with Crippen molar-refractivity contribution >= 4 is 39.3 Å². The number of carbonyl (C=O) groups is 4. The molecule has 0 aromatic heterocycles. The van der Waals surface area contributed by atoms with Crippen molar-refractivity contribution in [1.82, 2.24) is 9.80 Å². The number of hydrogen-bond donors (Lipinski definition) is 0. The predicted octanol–water partition coefficient (Wildman–Crippen LogP) is 7.28. The number of nitrogens with zero attached hydrogens (tertiary/aromatic N) is 2. The molecule has 4 aliphatic carbocycles. The van der Waals surface area contributed by atoms with Crippen molar-refractivity contribution in [3.63, 3.8) is 0 Å². The van der Waals surface area contributed by atoms with E-state index in [2.05, 4.69) is 0 Å². The van der Waals surface area contributed by atoms with E-state index in [-0.39, 0.29) is 26.4 Å². The summed E-state index contributed by atoms with van der Waals surface area (Å²) in [5.41, 5.74) is 2.85. The number of carbonyl (C=O) groups excluding carboxylic acids is 4. The van der Waals surface area contributed by atoms with Crippen LogP contribution in [-0.4, -0.2) is 46.9 Å². The molecule has 4 fully saturated rings. The first-order chi connectivity index (χ1) is 29.1. The molecule has 2 saturated carbocycles. The summed E-state index contributed by atoms with van der Waals surface area (Å²) >= 11 is 0. The van der Waals surface area contributed by atoms with Crippen LogP contribution in [0.3, 0.4) is 0 Å². The lowest BCUT2D eigenvalue weighted by atomic mass is 9.40. The second kappa shape index (κ2) is 16.9. The molecule has 2 bridgehead atoms. The molecule has 0 radical (unpaired) electrons. The summed E-state index contributed by atoms with van der Waals surface area (Å²) in [6, 6.07) is 36.1. The Kier molecular flexibility index (Phi) is 11.4. The van der Waals surface area contributed by atoms with Gasteiger partial charge in [0.1, 0.15) is 13.5 Å². The summed E-state index contributed by atoms with van der Waals surface area (Å²) in [6.45, 7) is -1.76. The summed E-state index contributed by atoms with van der Waals surface area (Å²) in [4.78, 5) is 58.1. The number of benzene rings is 4. The number of fused-ring (bicyclic) bond motifs is 1. The minimum absolute atomic E-state index is 0.106. The number of phosphoric acid groups is 2. The molecule has 0 spiro atoms. The molecule has 310 valence electrons. The van der Waals surface area contributed by atoms with Crippen molar-refractivity contribution in [1.29, 1.82) is 0 Å². The van der Waals surface area contributed by atoms with Crippen molar-refractivity contribution in [2.75, 3.05) is 13.5 Å². The van der Waals surface area contributed by atoms with Gasteiger partial charge in [-0.1, -0.05) is 133 Å². The quantitative estimate of drug-likeness (QED) is 0.0559. The fraction of sp³-hybridized carbons (Fsp3) is 0.318. The van der Waals surface area contributed by atoms with Gasteiger partial charge in [-0.2, -0.15) is 0 Å². The van der Waals surface area contributed by atoms with Crippen LogP contribution >= 0.6 is 15.6 Å². The van der Waals surface area contributed by atoms with Gasteiger partial charge in [0.15, 0.2) is 0 Å². The molecule has 14 nitrogen and oxygen atoms in total. The number of imide groups is 2. The van der Waals surface area contributed by atoms with Gasteiger partial charge >= 0.3 is 15.6 Å². The first kappa shape index (κ1) is 40.5. The Balaban J connectivity index is 0.874. The van der Waals surface area contributed by atoms with E-state index in [9.17, 15) is 28.3 Å². The van der Waals surface area contributed by atoms with Crippen LogP contribution in [0.5, 0.6) is 0 Å². The number of allylic oxidation sites excluding steroid dienone is 2. The van der Waals surface area contributed by atoms with Crippen LogP contribution in [0.1, 0.15) is 22.3 Å². The summed E-state index contributed by atoms with van der Waals surface area (Å²) in [5.74, 6) is -7.01. The molecule has 10 rings (SSSR count). The van der Waals surface area contributed by atoms with Gasteiger partial charge in [0.05, 0.1) is 50.1 Å². The third-order valence-electron chi connectivity index (χ3n) is 12.1. The predicted molar refractivity (Wildman–Crippen MR) is 213 cm³/mol. The molecule has 4 aromatic rings. The minimum atomic E-state index is -4.33.